The molecule has 0 spiro atoms. The molecule has 1 aromatic heterocycles. The zero-order valence-corrected chi connectivity index (χ0v) is 18.3. The van der Waals surface area contributed by atoms with Gasteiger partial charge in [-0.3, -0.25) is 14.9 Å². The Balaban J connectivity index is 1.60. The third-order valence-electron chi connectivity index (χ3n) is 4.36. The van der Waals surface area contributed by atoms with Crippen molar-refractivity contribution < 1.29 is 23.6 Å². The lowest BCUT2D eigenvalue weighted by Crippen LogP contribution is -2.09. The standard InChI is InChI=1S/C22H11BrClNO7/c23-15-3-1-2-4-18(15)32-20-11-30-19-10-13(6-7-14(19)21(20)26)31-22(27)12-5-8-16(24)17(9-12)25(28)29/h1-11H. The molecular weight excluding hydrogens is 506 g/mol. The maximum absolute atomic E-state index is 12.7. The average molecular weight is 517 g/mol. The van der Waals surface area contributed by atoms with Gasteiger partial charge in [0, 0.05) is 12.1 Å². The smallest absolute Gasteiger partial charge is 0.343 e. The van der Waals surface area contributed by atoms with Gasteiger partial charge in [0.1, 0.15) is 28.4 Å². The summed E-state index contributed by atoms with van der Waals surface area (Å²) in [5.74, 6) is -0.313. The summed E-state index contributed by atoms with van der Waals surface area (Å²) < 4.78 is 17.1. The summed E-state index contributed by atoms with van der Waals surface area (Å²) in [6.07, 6.45) is 1.16. The Labute approximate surface area is 193 Å². The zero-order valence-electron chi connectivity index (χ0n) is 15.9. The van der Waals surface area contributed by atoms with Gasteiger partial charge < -0.3 is 13.9 Å². The molecule has 0 amide bonds. The number of nitro groups is 1. The fourth-order valence-electron chi connectivity index (χ4n) is 2.82. The summed E-state index contributed by atoms with van der Waals surface area (Å²) in [6.45, 7) is 0. The number of fused-ring (bicyclic) bond motifs is 1. The van der Waals surface area contributed by atoms with Crippen molar-refractivity contribution in [3.63, 3.8) is 0 Å². The quantitative estimate of drug-likeness (QED) is 0.136. The van der Waals surface area contributed by atoms with Crippen LogP contribution in [0.5, 0.6) is 17.2 Å². The van der Waals surface area contributed by atoms with Crippen molar-refractivity contribution in [2.24, 2.45) is 0 Å². The minimum absolute atomic E-state index is 0.0115. The third kappa shape index (κ3) is 4.34. The van der Waals surface area contributed by atoms with E-state index in [1.807, 2.05) is 6.07 Å². The van der Waals surface area contributed by atoms with Crippen molar-refractivity contribution in [2.45, 2.75) is 0 Å². The summed E-state index contributed by atoms with van der Waals surface area (Å²) in [7, 11) is 0. The minimum Gasteiger partial charge on any atom is -0.460 e. The average Bonchev–Trinajstić information content (AvgIpc) is 2.77. The lowest BCUT2D eigenvalue weighted by molar-refractivity contribution is -0.384. The fourth-order valence-corrected chi connectivity index (χ4v) is 3.37. The molecule has 1 heterocycles. The number of carbonyl (C=O) groups excluding carboxylic acids is 1. The van der Waals surface area contributed by atoms with Crippen molar-refractivity contribution >= 4 is 50.2 Å². The van der Waals surface area contributed by atoms with E-state index in [9.17, 15) is 19.7 Å². The number of carbonyl (C=O) groups is 1. The van der Waals surface area contributed by atoms with Crippen molar-refractivity contribution in [2.75, 3.05) is 0 Å². The van der Waals surface area contributed by atoms with Gasteiger partial charge in [0.2, 0.25) is 11.2 Å². The molecule has 160 valence electrons. The molecule has 0 bridgehead atoms. The molecule has 0 N–H and O–H groups in total. The Bertz CT molecular complexity index is 1430. The number of benzene rings is 3. The molecule has 0 radical (unpaired) electrons. The number of nitrogens with zero attached hydrogens (tertiary/aromatic N) is 1. The Kier molecular flexibility index (Phi) is 5.93. The van der Waals surface area contributed by atoms with Crippen LogP contribution in [0.4, 0.5) is 5.69 Å². The molecule has 0 aliphatic carbocycles. The van der Waals surface area contributed by atoms with Crippen LogP contribution in [0.3, 0.4) is 0 Å². The van der Waals surface area contributed by atoms with Gasteiger partial charge in [-0.05, 0) is 52.3 Å². The molecule has 4 aromatic rings. The van der Waals surface area contributed by atoms with Gasteiger partial charge >= 0.3 is 5.97 Å². The van der Waals surface area contributed by atoms with E-state index in [0.717, 1.165) is 12.3 Å². The molecule has 4 rings (SSSR count). The molecule has 0 saturated carbocycles. The minimum atomic E-state index is -0.833. The van der Waals surface area contributed by atoms with Crippen molar-refractivity contribution in [3.05, 3.63) is 102 Å². The van der Waals surface area contributed by atoms with Crippen LogP contribution in [-0.4, -0.2) is 10.9 Å². The van der Waals surface area contributed by atoms with E-state index in [1.54, 1.807) is 18.2 Å². The van der Waals surface area contributed by atoms with Crippen LogP contribution in [-0.2, 0) is 0 Å². The number of hydrogen-bond donors (Lipinski definition) is 0. The van der Waals surface area contributed by atoms with E-state index in [2.05, 4.69) is 15.9 Å². The molecular formula is C22H11BrClNO7. The van der Waals surface area contributed by atoms with E-state index in [4.69, 9.17) is 25.5 Å². The highest BCUT2D eigenvalue weighted by atomic mass is 79.9. The Morgan fingerprint density at radius 2 is 1.84 bits per heavy atom. The SMILES string of the molecule is O=C(Oc1ccc2c(=O)c(Oc3ccccc3Br)coc2c1)c1ccc(Cl)c([N+](=O)[O-])c1. The highest BCUT2D eigenvalue weighted by Gasteiger charge is 2.18. The highest BCUT2D eigenvalue weighted by Crippen LogP contribution is 2.30. The first-order valence-corrected chi connectivity index (χ1v) is 10.1. The van der Waals surface area contributed by atoms with Gasteiger partial charge in [-0.15, -0.1) is 0 Å². The normalized spacial score (nSPS) is 10.7. The zero-order chi connectivity index (χ0) is 22.8. The van der Waals surface area contributed by atoms with E-state index in [-0.39, 0.29) is 33.1 Å². The molecule has 0 unspecified atom stereocenters. The highest BCUT2D eigenvalue weighted by molar-refractivity contribution is 9.10. The summed E-state index contributed by atoms with van der Waals surface area (Å²) in [5, 5.41) is 11.1. The lowest BCUT2D eigenvalue weighted by Gasteiger charge is -2.08. The van der Waals surface area contributed by atoms with Crippen LogP contribution >= 0.6 is 27.5 Å². The van der Waals surface area contributed by atoms with Gasteiger partial charge in [-0.25, -0.2) is 4.79 Å². The number of para-hydroxylation sites is 1. The van der Waals surface area contributed by atoms with E-state index in [0.29, 0.717) is 10.2 Å². The van der Waals surface area contributed by atoms with Crippen LogP contribution in [0, 0.1) is 10.1 Å². The number of nitro benzene ring substituents is 1. The van der Waals surface area contributed by atoms with Crippen molar-refractivity contribution in [3.8, 4) is 17.2 Å². The predicted molar refractivity (Wildman–Crippen MR) is 120 cm³/mol. The monoisotopic (exact) mass is 515 g/mol. The molecule has 32 heavy (non-hydrogen) atoms. The molecule has 10 heteroatoms. The number of halogens is 2. The number of hydrogen-bond acceptors (Lipinski definition) is 7. The second-order valence-electron chi connectivity index (χ2n) is 6.43. The fraction of sp³-hybridized carbons (Fsp3) is 0. The second-order valence-corrected chi connectivity index (χ2v) is 7.69. The summed E-state index contributed by atoms with van der Waals surface area (Å²) in [6, 6.07) is 14.8. The predicted octanol–water partition coefficient (Wildman–Crippen LogP) is 6.13. The lowest BCUT2D eigenvalue weighted by atomic mass is 10.2. The van der Waals surface area contributed by atoms with Crippen molar-refractivity contribution in [1.82, 2.24) is 0 Å². The number of esters is 1. The molecule has 8 nitrogen and oxygen atoms in total. The van der Waals surface area contributed by atoms with Gasteiger partial charge in [0.15, 0.2) is 0 Å². The molecule has 3 aromatic carbocycles. The first-order chi connectivity index (χ1) is 15.3. The third-order valence-corrected chi connectivity index (χ3v) is 5.33. The molecule has 0 saturated heterocycles. The topological polar surface area (TPSA) is 109 Å². The first-order valence-electron chi connectivity index (χ1n) is 8.97. The van der Waals surface area contributed by atoms with Crippen LogP contribution in [0.25, 0.3) is 11.0 Å². The molecule has 0 aliphatic rings. The summed E-state index contributed by atoms with van der Waals surface area (Å²) >= 11 is 9.11. The van der Waals surface area contributed by atoms with Crippen LogP contribution in [0.2, 0.25) is 5.02 Å². The Morgan fingerprint density at radius 3 is 2.59 bits per heavy atom. The van der Waals surface area contributed by atoms with E-state index >= 15 is 0 Å². The first kappa shape index (κ1) is 21.5. The molecule has 0 fully saturated rings. The maximum atomic E-state index is 12.7. The summed E-state index contributed by atoms with van der Waals surface area (Å²) in [4.78, 5) is 35.4. The van der Waals surface area contributed by atoms with Gasteiger partial charge in [0.25, 0.3) is 5.69 Å². The van der Waals surface area contributed by atoms with Gasteiger partial charge in [-0.2, -0.15) is 0 Å². The van der Waals surface area contributed by atoms with Crippen LogP contribution in [0.15, 0.2) is 80.6 Å². The molecule has 0 atom stereocenters. The number of rotatable bonds is 5. The Hall–Kier alpha value is -3.69. The van der Waals surface area contributed by atoms with Crippen LogP contribution in [0.1, 0.15) is 10.4 Å². The Morgan fingerprint density at radius 1 is 1.06 bits per heavy atom. The van der Waals surface area contributed by atoms with Gasteiger partial charge in [-0.1, -0.05) is 23.7 Å². The van der Waals surface area contributed by atoms with Crippen molar-refractivity contribution in [1.29, 1.82) is 0 Å². The van der Waals surface area contributed by atoms with Crippen LogP contribution < -0.4 is 14.9 Å². The van der Waals surface area contributed by atoms with Gasteiger partial charge in [0.05, 0.1) is 20.3 Å². The largest absolute Gasteiger partial charge is 0.460 e. The van der Waals surface area contributed by atoms with E-state index < -0.39 is 22.0 Å². The maximum Gasteiger partial charge on any atom is 0.343 e. The summed E-state index contributed by atoms with van der Waals surface area (Å²) in [5.41, 5.74) is -0.710. The number of ether oxygens (including phenoxy) is 2. The second kappa shape index (κ2) is 8.81. The molecule has 0 aliphatic heterocycles. The van der Waals surface area contributed by atoms with E-state index in [1.165, 1.54) is 30.3 Å².